The number of amides is 3. The van der Waals surface area contributed by atoms with Crippen molar-refractivity contribution in [3.05, 3.63) is 87.4 Å². The molecule has 56 heavy (non-hydrogen) atoms. The van der Waals surface area contributed by atoms with E-state index in [1.54, 1.807) is 43.0 Å². The first-order valence-corrected chi connectivity index (χ1v) is 19.2. The van der Waals surface area contributed by atoms with Gasteiger partial charge in [-0.15, -0.1) is 0 Å². The zero-order chi connectivity index (χ0) is 40.5. The number of thiocarbonyl (C=S) groups is 1. The molecule has 3 aromatic rings. The molecule has 10 nitrogen and oxygen atoms in total. The van der Waals surface area contributed by atoms with Crippen molar-refractivity contribution in [2.45, 2.75) is 83.5 Å². The lowest BCUT2D eigenvalue weighted by Gasteiger charge is -2.33. The molecule has 0 bridgehead atoms. The number of likely N-dealkylation sites (tertiary alicyclic amines) is 1. The molecule has 3 fully saturated rings. The minimum atomic E-state index is -4.80. The number of alkyl halides is 3. The summed E-state index contributed by atoms with van der Waals surface area (Å²) in [5.74, 6) is -0.659. The van der Waals surface area contributed by atoms with Gasteiger partial charge in [-0.05, 0) is 123 Å². The second kappa shape index (κ2) is 16.3. The Balaban J connectivity index is 1.06. The third kappa shape index (κ3) is 8.75. The van der Waals surface area contributed by atoms with Gasteiger partial charge in [0.25, 0.3) is 5.91 Å². The van der Waals surface area contributed by atoms with Crippen LogP contribution < -0.4 is 19.9 Å². The van der Waals surface area contributed by atoms with Crippen molar-refractivity contribution in [1.29, 1.82) is 5.26 Å². The minimum Gasteiger partial charge on any atom is -0.490 e. The number of Topliss-reactive ketones (excluding diaryl/α,β-unsaturated/α-hetero) is 1. The number of nitrogens with one attached hydrogen (secondary N) is 1. The third-order valence-electron chi connectivity index (χ3n) is 10.5. The summed E-state index contributed by atoms with van der Waals surface area (Å²) in [6, 6.07) is 15.6. The standard InChI is InChI=1S/C41H41ClF3N5O5S/c1-4-26-20-31(50-39(56)49(38(54)40(50,2)3)30-7-5-28(22-46)34(21-30)41(43,44)45)8-9-35(26)55-33-11-13-48(14-12-33)23-32(51)19-25-15-24(17-29(42)18-25)16-27-6-10-36(52)47-37(27)53/h5,7-9,15,17-18,20-21,27,33H,4,6,10-14,16,19,23H2,1-3H3,(H,47,52,53). The Bertz CT molecular complexity index is 2130. The number of piperidine rings is 2. The Morgan fingerprint density at radius 3 is 2.38 bits per heavy atom. The molecular weight excluding hydrogens is 767 g/mol. The molecule has 0 aromatic heterocycles. The Morgan fingerprint density at radius 2 is 1.71 bits per heavy atom. The highest BCUT2D eigenvalue weighted by Crippen LogP contribution is 2.41. The fraction of sp³-hybridized carbons (Fsp3) is 0.415. The van der Waals surface area contributed by atoms with Crippen LogP contribution in [0, 0.1) is 17.2 Å². The van der Waals surface area contributed by atoms with E-state index in [1.807, 2.05) is 25.1 Å². The number of ether oxygens (including phenoxy) is 1. The maximum Gasteiger partial charge on any atom is 0.417 e. The van der Waals surface area contributed by atoms with E-state index in [0.29, 0.717) is 68.1 Å². The van der Waals surface area contributed by atoms with E-state index < -0.39 is 28.7 Å². The summed E-state index contributed by atoms with van der Waals surface area (Å²) in [6.07, 6.45) is -1.49. The number of nitriles is 1. The highest BCUT2D eigenvalue weighted by molar-refractivity contribution is 7.81. The summed E-state index contributed by atoms with van der Waals surface area (Å²) >= 11 is 12.1. The molecule has 0 radical (unpaired) electrons. The summed E-state index contributed by atoms with van der Waals surface area (Å²) < 4.78 is 47.8. The first-order chi connectivity index (χ1) is 26.5. The number of anilines is 2. The summed E-state index contributed by atoms with van der Waals surface area (Å²) in [7, 11) is 0. The summed E-state index contributed by atoms with van der Waals surface area (Å²) in [5.41, 5.74) is 0.0672. The molecule has 1 unspecified atom stereocenters. The average Bonchev–Trinajstić information content (AvgIpc) is 3.31. The number of hydrogen-bond donors (Lipinski definition) is 1. The van der Waals surface area contributed by atoms with Gasteiger partial charge < -0.3 is 9.64 Å². The van der Waals surface area contributed by atoms with Gasteiger partial charge in [0.2, 0.25) is 11.8 Å². The normalized spacial score (nSPS) is 19.3. The molecular formula is C41H41ClF3N5O5S. The largest absolute Gasteiger partial charge is 0.490 e. The molecule has 1 atom stereocenters. The van der Waals surface area contributed by atoms with Crippen molar-refractivity contribution in [1.82, 2.24) is 10.2 Å². The summed E-state index contributed by atoms with van der Waals surface area (Å²) in [6.45, 7) is 6.87. The van der Waals surface area contributed by atoms with Crippen LogP contribution in [0.4, 0.5) is 24.5 Å². The highest BCUT2D eigenvalue weighted by Gasteiger charge is 2.51. The highest BCUT2D eigenvalue weighted by atomic mass is 35.5. The second-order valence-electron chi connectivity index (χ2n) is 14.9. The fourth-order valence-corrected chi connectivity index (χ4v) is 8.41. The number of carbonyl (C=O) groups is 4. The quantitative estimate of drug-likeness (QED) is 0.162. The molecule has 3 aliphatic rings. The molecule has 294 valence electrons. The third-order valence-corrected chi connectivity index (χ3v) is 11.1. The smallest absolute Gasteiger partial charge is 0.417 e. The average molecular weight is 808 g/mol. The van der Waals surface area contributed by atoms with Crippen LogP contribution in [0.25, 0.3) is 0 Å². The summed E-state index contributed by atoms with van der Waals surface area (Å²) in [4.78, 5) is 55.4. The van der Waals surface area contributed by atoms with Crippen molar-refractivity contribution in [3.8, 4) is 11.8 Å². The van der Waals surface area contributed by atoms with Crippen LogP contribution >= 0.6 is 23.8 Å². The molecule has 6 rings (SSSR count). The molecule has 3 aliphatic heterocycles. The minimum absolute atomic E-state index is 0.0125. The lowest BCUT2D eigenvalue weighted by molar-refractivity contribution is -0.138. The van der Waals surface area contributed by atoms with E-state index in [-0.39, 0.29) is 53.4 Å². The first kappa shape index (κ1) is 40.8. The van der Waals surface area contributed by atoms with Crippen LogP contribution in [0.5, 0.6) is 5.75 Å². The SMILES string of the molecule is CCc1cc(N2C(=S)N(c3ccc(C#N)c(C(F)(F)F)c3)C(=O)C2(C)C)ccc1OC1CCN(CC(=O)Cc2cc(Cl)cc(CC3CCC(=O)NC3=O)c2)CC1. The number of carbonyl (C=O) groups excluding carboxylic acids is 4. The van der Waals surface area contributed by atoms with Crippen LogP contribution in [0.2, 0.25) is 5.02 Å². The topological polar surface area (TPSA) is 123 Å². The molecule has 15 heteroatoms. The van der Waals surface area contributed by atoms with E-state index in [9.17, 15) is 37.6 Å². The second-order valence-corrected chi connectivity index (χ2v) is 15.7. The Labute approximate surface area is 333 Å². The van der Waals surface area contributed by atoms with Crippen LogP contribution in [-0.4, -0.2) is 64.8 Å². The molecule has 3 saturated heterocycles. The van der Waals surface area contributed by atoms with Crippen LogP contribution in [-0.2, 0) is 44.6 Å². The number of nitrogens with zero attached hydrogens (tertiary/aromatic N) is 4. The zero-order valence-corrected chi connectivity index (χ0v) is 32.7. The van der Waals surface area contributed by atoms with Gasteiger partial charge in [-0.3, -0.25) is 34.3 Å². The van der Waals surface area contributed by atoms with Gasteiger partial charge in [0.05, 0.1) is 29.4 Å². The number of ketones is 1. The zero-order valence-electron chi connectivity index (χ0n) is 31.2. The molecule has 0 aliphatic carbocycles. The molecule has 1 N–H and O–H groups in total. The number of imide groups is 1. The lowest BCUT2D eigenvalue weighted by Crippen LogP contribution is -2.44. The maximum atomic E-state index is 13.8. The summed E-state index contributed by atoms with van der Waals surface area (Å²) in [5, 5.41) is 12.1. The number of aryl methyl sites for hydroxylation is 1. The van der Waals surface area contributed by atoms with Gasteiger partial charge in [-0.25, -0.2) is 0 Å². The number of rotatable bonds is 11. The van der Waals surface area contributed by atoms with Gasteiger partial charge in [0.1, 0.15) is 17.4 Å². The number of halogens is 4. The van der Waals surface area contributed by atoms with Crippen molar-refractivity contribution in [3.63, 3.8) is 0 Å². The number of benzene rings is 3. The Morgan fingerprint density at radius 1 is 1.02 bits per heavy atom. The van der Waals surface area contributed by atoms with Crippen LogP contribution in [0.1, 0.15) is 74.3 Å². The lowest BCUT2D eigenvalue weighted by atomic mass is 9.90. The Hall–Kier alpha value is -4.84. The van der Waals surface area contributed by atoms with E-state index in [0.717, 1.165) is 33.7 Å². The number of hydrogen-bond acceptors (Lipinski definition) is 8. The molecule has 0 saturated carbocycles. The van der Waals surface area contributed by atoms with Gasteiger partial charge >= 0.3 is 6.18 Å². The first-order valence-electron chi connectivity index (χ1n) is 18.4. The van der Waals surface area contributed by atoms with Crippen molar-refractivity contribution < 1.29 is 37.1 Å². The van der Waals surface area contributed by atoms with E-state index >= 15 is 0 Å². The molecule has 0 spiro atoms. The molecule has 3 aromatic carbocycles. The predicted octanol–water partition coefficient (Wildman–Crippen LogP) is 6.96. The van der Waals surface area contributed by atoms with Crippen molar-refractivity contribution >= 4 is 63.8 Å². The predicted molar refractivity (Wildman–Crippen MR) is 208 cm³/mol. The van der Waals surface area contributed by atoms with Crippen LogP contribution in [0.3, 0.4) is 0 Å². The van der Waals surface area contributed by atoms with Gasteiger partial charge in [0, 0.05) is 42.6 Å². The van der Waals surface area contributed by atoms with Gasteiger partial charge in [0.15, 0.2) is 10.9 Å². The van der Waals surface area contributed by atoms with Gasteiger partial charge in [-0.2, -0.15) is 18.4 Å². The molecule has 3 amide bonds. The Kier molecular flexibility index (Phi) is 11.9. The monoisotopic (exact) mass is 807 g/mol. The van der Waals surface area contributed by atoms with Gasteiger partial charge in [-0.1, -0.05) is 24.6 Å². The fourth-order valence-electron chi connectivity index (χ4n) is 7.61. The molecule has 3 heterocycles. The van der Waals surface area contributed by atoms with Crippen molar-refractivity contribution in [2.75, 3.05) is 29.4 Å². The van der Waals surface area contributed by atoms with E-state index in [1.165, 1.54) is 6.07 Å². The van der Waals surface area contributed by atoms with Crippen LogP contribution in [0.15, 0.2) is 54.6 Å². The van der Waals surface area contributed by atoms with Crippen molar-refractivity contribution in [2.24, 2.45) is 5.92 Å². The maximum absolute atomic E-state index is 13.8. The van der Waals surface area contributed by atoms with E-state index in [2.05, 4.69) is 10.2 Å². The van der Waals surface area contributed by atoms with E-state index in [4.69, 9.17) is 28.6 Å².